The minimum Gasteiger partial charge on any atom is -0.480 e. The van der Waals surface area contributed by atoms with Crippen molar-refractivity contribution < 1.29 is 42.3 Å². The van der Waals surface area contributed by atoms with E-state index in [9.17, 15) is 27.9 Å². The maximum atomic E-state index is 12.4. The lowest BCUT2D eigenvalue weighted by Gasteiger charge is -2.21. The van der Waals surface area contributed by atoms with Crippen LogP contribution in [0.1, 0.15) is 116 Å². The Morgan fingerprint density at radius 2 is 1.24 bits per heavy atom. The summed E-state index contributed by atoms with van der Waals surface area (Å²) in [7, 11) is -4.95. The molecule has 0 aromatic rings. The fourth-order valence-electron chi connectivity index (χ4n) is 4.09. The van der Waals surface area contributed by atoms with Crippen molar-refractivity contribution in [3.8, 4) is 0 Å². The van der Waals surface area contributed by atoms with E-state index in [-0.39, 0.29) is 32.2 Å². The number of unbranched alkanes of at least 4 members (excludes halogenated alkanes) is 14. The Balaban J connectivity index is 3.92. The van der Waals surface area contributed by atoms with Gasteiger partial charge in [0.15, 0.2) is 5.25 Å². The first kappa shape index (κ1) is 35.3. The highest BCUT2D eigenvalue weighted by Gasteiger charge is 2.34. The molecule has 1 amide bonds. The van der Waals surface area contributed by atoms with Crippen LogP contribution in [0, 0.1) is 0 Å². The van der Waals surface area contributed by atoms with Crippen molar-refractivity contribution in [1.29, 1.82) is 0 Å². The molecular formula is C26H49NO9S. The first-order valence-corrected chi connectivity index (χ1v) is 15.4. The number of aliphatic carboxylic acids is 1. The number of amides is 1. The number of carbonyl (C=O) groups is 3. The molecule has 0 aliphatic heterocycles. The lowest BCUT2D eigenvalue weighted by atomic mass is 10.0. The van der Waals surface area contributed by atoms with E-state index >= 15 is 0 Å². The second-order valence-electron chi connectivity index (χ2n) is 9.57. The van der Waals surface area contributed by atoms with Gasteiger partial charge in [0.05, 0.1) is 19.6 Å². The Hall–Kier alpha value is -1.72. The number of rotatable bonds is 25. The summed E-state index contributed by atoms with van der Waals surface area (Å²) in [6.07, 6.45) is 17.7. The Morgan fingerprint density at radius 3 is 1.65 bits per heavy atom. The number of hydrogen-bond acceptors (Lipinski definition) is 7. The Bertz CT molecular complexity index is 728. The van der Waals surface area contributed by atoms with Gasteiger partial charge in [-0.25, -0.2) is 0 Å². The van der Waals surface area contributed by atoms with Crippen LogP contribution in [0.15, 0.2) is 0 Å². The van der Waals surface area contributed by atoms with E-state index in [1.165, 1.54) is 75.5 Å². The summed E-state index contributed by atoms with van der Waals surface area (Å²) in [5, 5.41) is 15.7. The summed E-state index contributed by atoms with van der Waals surface area (Å²) < 4.78 is 35.8. The molecule has 0 spiro atoms. The van der Waals surface area contributed by atoms with Gasteiger partial charge in [-0.3, -0.25) is 18.9 Å². The van der Waals surface area contributed by atoms with E-state index < -0.39 is 33.7 Å². The quantitative estimate of drug-likeness (QED) is 0.0852. The van der Waals surface area contributed by atoms with Gasteiger partial charge in [0.2, 0.25) is 5.91 Å². The van der Waals surface area contributed by atoms with E-state index in [4.69, 9.17) is 14.4 Å². The number of esters is 1. The van der Waals surface area contributed by atoms with Crippen molar-refractivity contribution in [3.63, 3.8) is 0 Å². The number of ether oxygens (including phenoxy) is 1. The van der Waals surface area contributed by atoms with Crippen LogP contribution >= 0.6 is 0 Å². The Kier molecular flexibility index (Phi) is 21.2. The molecule has 37 heavy (non-hydrogen) atoms. The molecule has 10 nitrogen and oxygen atoms in total. The average Bonchev–Trinajstić information content (AvgIpc) is 2.83. The molecule has 0 saturated heterocycles. The predicted octanol–water partition coefficient (Wildman–Crippen LogP) is 4.34. The van der Waals surface area contributed by atoms with Gasteiger partial charge in [-0.15, -0.1) is 0 Å². The van der Waals surface area contributed by atoms with Crippen LogP contribution in [-0.4, -0.2) is 77.5 Å². The van der Waals surface area contributed by atoms with Crippen LogP contribution < -0.4 is 0 Å². The molecule has 1 atom stereocenters. The molecule has 0 radical (unpaired) electrons. The molecule has 0 bridgehead atoms. The molecule has 0 aromatic carbocycles. The van der Waals surface area contributed by atoms with Gasteiger partial charge in [0.25, 0.3) is 10.1 Å². The SMILES string of the molecule is CCCCCCCCCCCCCCCCCC(=O)N(CCO)CCOC(=O)CC(C(=O)O)S(=O)(=O)O. The van der Waals surface area contributed by atoms with E-state index in [1.54, 1.807) is 0 Å². The van der Waals surface area contributed by atoms with E-state index in [2.05, 4.69) is 6.92 Å². The van der Waals surface area contributed by atoms with Crippen LogP contribution in [0.25, 0.3) is 0 Å². The second-order valence-corrected chi connectivity index (χ2v) is 11.2. The van der Waals surface area contributed by atoms with E-state index in [0.717, 1.165) is 25.7 Å². The van der Waals surface area contributed by atoms with Crippen LogP contribution in [0.4, 0.5) is 0 Å². The first-order chi connectivity index (χ1) is 17.6. The third-order valence-corrected chi connectivity index (χ3v) is 7.42. The molecule has 0 fully saturated rings. The van der Waals surface area contributed by atoms with Crippen molar-refractivity contribution in [2.24, 2.45) is 0 Å². The van der Waals surface area contributed by atoms with Crippen molar-refractivity contribution in [2.75, 3.05) is 26.3 Å². The summed E-state index contributed by atoms with van der Waals surface area (Å²) in [6.45, 7) is 1.76. The summed E-state index contributed by atoms with van der Waals surface area (Å²) in [5.41, 5.74) is 0. The summed E-state index contributed by atoms with van der Waals surface area (Å²) in [4.78, 5) is 36.4. The van der Waals surface area contributed by atoms with Crippen molar-refractivity contribution in [1.82, 2.24) is 4.90 Å². The number of hydrogen-bond donors (Lipinski definition) is 3. The van der Waals surface area contributed by atoms with Gasteiger partial charge in [0.1, 0.15) is 6.61 Å². The number of nitrogens with zero attached hydrogens (tertiary/aromatic N) is 1. The predicted molar refractivity (Wildman–Crippen MR) is 142 cm³/mol. The zero-order chi connectivity index (χ0) is 27.9. The van der Waals surface area contributed by atoms with Crippen LogP contribution in [0.2, 0.25) is 0 Å². The topological polar surface area (TPSA) is 159 Å². The number of carboxylic acid groups (broad SMARTS) is 1. The lowest BCUT2D eigenvalue weighted by molar-refractivity contribution is -0.148. The van der Waals surface area contributed by atoms with Crippen molar-refractivity contribution in [2.45, 2.75) is 121 Å². The van der Waals surface area contributed by atoms with Gasteiger partial charge >= 0.3 is 11.9 Å². The highest BCUT2D eigenvalue weighted by atomic mass is 32.2. The van der Waals surface area contributed by atoms with Gasteiger partial charge in [0, 0.05) is 13.0 Å². The molecule has 3 N–H and O–H groups in total. The molecule has 218 valence electrons. The fraction of sp³-hybridized carbons (Fsp3) is 0.885. The smallest absolute Gasteiger partial charge is 0.325 e. The molecule has 0 aromatic heterocycles. The highest BCUT2D eigenvalue weighted by molar-refractivity contribution is 7.87. The molecule has 0 aliphatic carbocycles. The number of carboxylic acids is 1. The van der Waals surface area contributed by atoms with Crippen LogP contribution in [0.3, 0.4) is 0 Å². The molecule has 1 unspecified atom stereocenters. The monoisotopic (exact) mass is 551 g/mol. The van der Waals surface area contributed by atoms with Crippen molar-refractivity contribution >= 4 is 28.0 Å². The van der Waals surface area contributed by atoms with Gasteiger partial charge in [-0.1, -0.05) is 96.8 Å². The summed E-state index contributed by atoms with van der Waals surface area (Å²) >= 11 is 0. The third kappa shape index (κ3) is 20.0. The Morgan fingerprint density at radius 1 is 0.784 bits per heavy atom. The van der Waals surface area contributed by atoms with E-state index in [1.807, 2.05) is 0 Å². The third-order valence-electron chi connectivity index (χ3n) is 6.33. The maximum Gasteiger partial charge on any atom is 0.325 e. The minimum absolute atomic E-state index is 0.00646. The number of carbonyl (C=O) groups excluding carboxylic acids is 2. The molecule has 0 heterocycles. The summed E-state index contributed by atoms with van der Waals surface area (Å²) in [5.74, 6) is -3.16. The van der Waals surface area contributed by atoms with Crippen LogP contribution in [-0.2, 0) is 29.2 Å². The first-order valence-electron chi connectivity index (χ1n) is 13.9. The minimum atomic E-state index is -4.95. The maximum absolute atomic E-state index is 12.4. The van der Waals surface area contributed by atoms with Crippen molar-refractivity contribution in [3.05, 3.63) is 0 Å². The molecule has 11 heteroatoms. The zero-order valence-electron chi connectivity index (χ0n) is 22.6. The number of aliphatic hydroxyl groups excluding tert-OH is 1. The average molecular weight is 552 g/mol. The fourth-order valence-corrected chi connectivity index (χ4v) is 4.69. The molecule has 0 aliphatic rings. The highest BCUT2D eigenvalue weighted by Crippen LogP contribution is 2.14. The molecule has 0 rings (SSSR count). The van der Waals surface area contributed by atoms with Gasteiger partial charge in [-0.05, 0) is 6.42 Å². The van der Waals surface area contributed by atoms with Crippen LogP contribution in [0.5, 0.6) is 0 Å². The standard InChI is InChI=1S/C26H49NO9S/c1-2-3-4-5-6-7-8-9-10-11-12-13-14-15-16-17-24(29)27(18-20-28)19-21-36-25(30)22-23(26(31)32)37(33,34)35/h23,28H,2-22H2,1H3,(H,31,32)(H,33,34,35). The Labute approximate surface area is 222 Å². The van der Waals surface area contributed by atoms with Gasteiger partial charge in [-0.2, -0.15) is 8.42 Å². The van der Waals surface area contributed by atoms with Gasteiger partial charge < -0.3 is 19.8 Å². The second kappa shape index (κ2) is 22.3. The number of aliphatic hydroxyl groups is 1. The summed E-state index contributed by atoms with van der Waals surface area (Å²) in [6, 6.07) is 0. The zero-order valence-corrected chi connectivity index (χ0v) is 23.4. The lowest BCUT2D eigenvalue weighted by Crippen LogP contribution is -2.37. The molecular weight excluding hydrogens is 502 g/mol. The largest absolute Gasteiger partial charge is 0.480 e. The molecule has 0 saturated carbocycles. The normalized spacial score (nSPS) is 12.3. The van der Waals surface area contributed by atoms with E-state index in [0.29, 0.717) is 6.42 Å².